The Kier molecular flexibility index (Phi) is 4.54. The number of hydrogen-bond donors (Lipinski definition) is 1. The fraction of sp³-hybridized carbons (Fsp3) is 0.455. The van der Waals surface area contributed by atoms with E-state index in [1.165, 1.54) is 11.8 Å². The van der Waals surface area contributed by atoms with Gasteiger partial charge in [-0.15, -0.1) is 21.5 Å². The molecule has 102 valence electrons. The third kappa shape index (κ3) is 3.54. The smallest absolute Gasteiger partial charge is 0.313 e. The average Bonchev–Trinajstić information content (AvgIpc) is 2.99. The lowest BCUT2D eigenvalue weighted by atomic mass is 10.2. The first-order valence-electron chi connectivity index (χ1n) is 5.71. The predicted molar refractivity (Wildman–Crippen MR) is 73.6 cm³/mol. The second-order valence-electron chi connectivity index (χ2n) is 4.09. The molecule has 0 saturated carbocycles. The standard InChI is InChI=1S/C11H14N4O2S2/c1-7(10-12-3-4-18-10)5-15-8(2)13-14-11(15)19-6-9(16)17/h3-4,7H,5-6H2,1-2H3,(H,16,17). The molecule has 19 heavy (non-hydrogen) atoms. The van der Waals surface area contributed by atoms with Gasteiger partial charge in [0.1, 0.15) is 5.82 Å². The summed E-state index contributed by atoms with van der Waals surface area (Å²) in [5.41, 5.74) is 0. The zero-order valence-electron chi connectivity index (χ0n) is 10.6. The molecule has 0 saturated heterocycles. The van der Waals surface area contributed by atoms with Gasteiger partial charge in [-0.1, -0.05) is 18.7 Å². The van der Waals surface area contributed by atoms with Gasteiger partial charge in [-0.2, -0.15) is 0 Å². The SMILES string of the molecule is Cc1nnc(SCC(=O)O)n1CC(C)c1nccs1. The predicted octanol–water partition coefficient (Wildman–Crippen LogP) is 2.02. The first-order valence-corrected chi connectivity index (χ1v) is 7.58. The van der Waals surface area contributed by atoms with Crippen LogP contribution in [0.25, 0.3) is 0 Å². The van der Waals surface area contributed by atoms with E-state index in [4.69, 9.17) is 5.11 Å². The molecule has 0 bridgehead atoms. The van der Waals surface area contributed by atoms with Crippen molar-refractivity contribution < 1.29 is 9.90 Å². The van der Waals surface area contributed by atoms with Crippen molar-refractivity contribution in [3.05, 3.63) is 22.4 Å². The van der Waals surface area contributed by atoms with Crippen molar-refractivity contribution in [1.82, 2.24) is 19.7 Å². The molecule has 0 amide bonds. The van der Waals surface area contributed by atoms with Crippen molar-refractivity contribution in [2.45, 2.75) is 31.5 Å². The van der Waals surface area contributed by atoms with Gasteiger partial charge in [0.25, 0.3) is 0 Å². The highest BCUT2D eigenvalue weighted by atomic mass is 32.2. The maximum absolute atomic E-state index is 10.6. The van der Waals surface area contributed by atoms with Gasteiger partial charge in [-0.25, -0.2) is 4.98 Å². The van der Waals surface area contributed by atoms with Crippen molar-refractivity contribution in [2.75, 3.05) is 5.75 Å². The highest BCUT2D eigenvalue weighted by Gasteiger charge is 2.16. The van der Waals surface area contributed by atoms with E-state index in [1.54, 1.807) is 17.5 Å². The highest BCUT2D eigenvalue weighted by Crippen LogP contribution is 2.23. The summed E-state index contributed by atoms with van der Waals surface area (Å²) in [6, 6.07) is 0. The third-order valence-electron chi connectivity index (χ3n) is 2.56. The van der Waals surface area contributed by atoms with Crippen LogP contribution in [0.3, 0.4) is 0 Å². The first-order chi connectivity index (χ1) is 9.08. The van der Waals surface area contributed by atoms with Crippen LogP contribution in [-0.4, -0.2) is 36.6 Å². The molecule has 0 fully saturated rings. The average molecular weight is 298 g/mol. The largest absolute Gasteiger partial charge is 0.481 e. The van der Waals surface area contributed by atoms with Gasteiger partial charge in [-0.3, -0.25) is 4.79 Å². The maximum atomic E-state index is 10.6. The van der Waals surface area contributed by atoms with Crippen molar-refractivity contribution in [2.24, 2.45) is 0 Å². The minimum absolute atomic E-state index is 0.0102. The van der Waals surface area contributed by atoms with Gasteiger partial charge in [0, 0.05) is 24.0 Å². The number of carboxylic acid groups (broad SMARTS) is 1. The minimum Gasteiger partial charge on any atom is -0.481 e. The maximum Gasteiger partial charge on any atom is 0.313 e. The summed E-state index contributed by atoms with van der Waals surface area (Å²) in [6.45, 7) is 4.66. The summed E-state index contributed by atoms with van der Waals surface area (Å²) in [7, 11) is 0. The molecule has 0 aliphatic heterocycles. The molecule has 1 unspecified atom stereocenters. The van der Waals surface area contributed by atoms with Gasteiger partial charge in [0.2, 0.25) is 0 Å². The van der Waals surface area contributed by atoms with Gasteiger partial charge >= 0.3 is 5.97 Å². The summed E-state index contributed by atoms with van der Waals surface area (Å²) in [5.74, 6) is 0.171. The van der Waals surface area contributed by atoms with Gasteiger partial charge < -0.3 is 9.67 Å². The molecule has 0 aromatic carbocycles. The summed E-state index contributed by atoms with van der Waals surface area (Å²) in [6.07, 6.45) is 1.79. The molecule has 1 atom stereocenters. The van der Waals surface area contributed by atoms with Gasteiger partial charge in [-0.05, 0) is 6.92 Å². The fourth-order valence-corrected chi connectivity index (χ4v) is 3.04. The molecule has 8 heteroatoms. The fourth-order valence-electron chi connectivity index (χ4n) is 1.63. The molecule has 0 spiro atoms. The number of rotatable bonds is 6. The number of carbonyl (C=O) groups is 1. The van der Waals surface area contributed by atoms with Gasteiger partial charge in [0.05, 0.1) is 10.8 Å². The summed E-state index contributed by atoms with van der Waals surface area (Å²) in [5, 5.41) is 20.4. The molecule has 2 rings (SSSR count). The van der Waals surface area contributed by atoms with Crippen LogP contribution in [0.1, 0.15) is 23.7 Å². The number of hydrogen-bond acceptors (Lipinski definition) is 6. The summed E-state index contributed by atoms with van der Waals surface area (Å²) < 4.78 is 1.94. The Hall–Kier alpha value is -1.41. The molecular formula is C11H14N4O2S2. The Morgan fingerprint density at radius 1 is 1.58 bits per heavy atom. The molecule has 0 aliphatic rings. The lowest BCUT2D eigenvalue weighted by molar-refractivity contribution is -0.133. The van der Waals surface area contributed by atoms with Crippen molar-refractivity contribution in [1.29, 1.82) is 0 Å². The van der Waals surface area contributed by atoms with Crippen LogP contribution >= 0.6 is 23.1 Å². The molecule has 2 aromatic heterocycles. The number of nitrogens with zero attached hydrogens (tertiary/aromatic N) is 4. The van der Waals surface area contributed by atoms with E-state index < -0.39 is 5.97 Å². The topological polar surface area (TPSA) is 80.9 Å². The number of aromatic nitrogens is 4. The Bertz CT molecular complexity index is 553. The quantitative estimate of drug-likeness (QED) is 0.822. The Labute approximate surface area is 118 Å². The van der Waals surface area contributed by atoms with Gasteiger partial charge in [0.15, 0.2) is 5.16 Å². The molecule has 1 N–H and O–H groups in total. The van der Waals surface area contributed by atoms with Crippen LogP contribution in [0.2, 0.25) is 0 Å². The first kappa shape index (κ1) is 14.0. The van der Waals surface area contributed by atoms with E-state index >= 15 is 0 Å². The minimum atomic E-state index is -0.856. The highest BCUT2D eigenvalue weighted by molar-refractivity contribution is 7.99. The summed E-state index contributed by atoms with van der Waals surface area (Å²) in [4.78, 5) is 14.9. The molecule has 6 nitrogen and oxygen atoms in total. The lowest BCUT2D eigenvalue weighted by Crippen LogP contribution is -2.10. The molecule has 0 aliphatic carbocycles. The summed E-state index contributed by atoms with van der Waals surface area (Å²) >= 11 is 2.80. The molecule has 2 aromatic rings. The number of thioether (sulfide) groups is 1. The Morgan fingerprint density at radius 3 is 3.00 bits per heavy atom. The van der Waals surface area contributed by atoms with Crippen molar-refractivity contribution >= 4 is 29.1 Å². The van der Waals surface area contributed by atoms with E-state index in [-0.39, 0.29) is 11.7 Å². The Balaban J connectivity index is 2.10. The van der Waals surface area contributed by atoms with E-state index in [0.717, 1.165) is 10.8 Å². The number of thiazole rings is 1. The van der Waals surface area contributed by atoms with Crippen LogP contribution in [0, 0.1) is 6.92 Å². The van der Waals surface area contributed by atoms with Crippen LogP contribution in [0.15, 0.2) is 16.7 Å². The Morgan fingerprint density at radius 2 is 2.37 bits per heavy atom. The number of aliphatic carboxylic acids is 1. The third-order valence-corrected chi connectivity index (χ3v) is 4.51. The second kappa shape index (κ2) is 6.16. The lowest BCUT2D eigenvalue weighted by Gasteiger charge is -2.12. The van der Waals surface area contributed by atoms with Crippen LogP contribution in [0.4, 0.5) is 0 Å². The van der Waals surface area contributed by atoms with Crippen LogP contribution in [-0.2, 0) is 11.3 Å². The molecule has 0 radical (unpaired) electrons. The molecular weight excluding hydrogens is 284 g/mol. The van der Waals surface area contributed by atoms with E-state index in [9.17, 15) is 4.79 Å². The molecule has 2 heterocycles. The van der Waals surface area contributed by atoms with E-state index in [0.29, 0.717) is 11.7 Å². The normalized spacial score (nSPS) is 12.5. The van der Waals surface area contributed by atoms with Crippen LogP contribution < -0.4 is 0 Å². The van der Waals surface area contributed by atoms with Crippen molar-refractivity contribution in [3.8, 4) is 0 Å². The zero-order chi connectivity index (χ0) is 13.8. The zero-order valence-corrected chi connectivity index (χ0v) is 12.2. The number of aryl methyl sites for hydroxylation is 1. The van der Waals surface area contributed by atoms with Crippen molar-refractivity contribution in [3.63, 3.8) is 0 Å². The van der Waals surface area contributed by atoms with E-state index in [1.807, 2.05) is 16.9 Å². The monoisotopic (exact) mass is 298 g/mol. The van der Waals surface area contributed by atoms with Crippen LogP contribution in [0.5, 0.6) is 0 Å². The number of carboxylic acids is 1. The van der Waals surface area contributed by atoms with E-state index in [2.05, 4.69) is 22.1 Å². The second-order valence-corrected chi connectivity index (χ2v) is 5.96.